The first-order valence-electron chi connectivity index (χ1n) is 6.28. The fraction of sp³-hybridized carbons (Fsp3) is 0.467. The first-order valence-corrected chi connectivity index (χ1v) is 6.28. The van der Waals surface area contributed by atoms with Crippen LogP contribution in [0.3, 0.4) is 0 Å². The molecule has 0 aromatic rings. The van der Waals surface area contributed by atoms with Crippen molar-refractivity contribution in [2.75, 3.05) is 14.1 Å². The molecule has 0 aromatic heterocycles. The molecular formula is C15H17N3. The van der Waals surface area contributed by atoms with Crippen molar-refractivity contribution in [3.8, 4) is 12.1 Å². The van der Waals surface area contributed by atoms with Crippen molar-refractivity contribution < 1.29 is 0 Å². The van der Waals surface area contributed by atoms with Crippen LogP contribution in [0, 0.1) is 28.6 Å². The second-order valence-electron chi connectivity index (χ2n) is 5.07. The van der Waals surface area contributed by atoms with Crippen LogP contribution in [0.1, 0.15) is 25.7 Å². The average molecular weight is 239 g/mol. The second kappa shape index (κ2) is 5.10. The fourth-order valence-electron chi connectivity index (χ4n) is 2.66. The number of rotatable bonds is 1. The maximum Gasteiger partial charge on any atom is 0.132 e. The molecule has 0 spiro atoms. The molecule has 0 bridgehead atoms. The summed E-state index contributed by atoms with van der Waals surface area (Å²) >= 11 is 0. The fourth-order valence-corrected chi connectivity index (χ4v) is 2.66. The third-order valence-electron chi connectivity index (χ3n) is 3.78. The van der Waals surface area contributed by atoms with Gasteiger partial charge in [-0.25, -0.2) is 0 Å². The zero-order valence-electron chi connectivity index (χ0n) is 10.9. The van der Waals surface area contributed by atoms with Crippen molar-refractivity contribution in [3.05, 3.63) is 34.6 Å². The van der Waals surface area contributed by atoms with E-state index in [0.717, 1.165) is 24.8 Å². The third kappa shape index (κ3) is 2.31. The van der Waals surface area contributed by atoms with Crippen molar-refractivity contribution in [1.29, 1.82) is 10.5 Å². The predicted molar refractivity (Wildman–Crippen MR) is 70.1 cm³/mol. The van der Waals surface area contributed by atoms with E-state index in [0.29, 0.717) is 5.92 Å². The number of hydrogen-bond donors (Lipinski definition) is 0. The molecule has 0 saturated heterocycles. The number of nitrogens with zero attached hydrogens (tertiary/aromatic N) is 3. The minimum absolute atomic E-state index is 0.270. The molecule has 1 unspecified atom stereocenters. The summed E-state index contributed by atoms with van der Waals surface area (Å²) < 4.78 is 0. The number of hydrogen-bond acceptors (Lipinski definition) is 3. The van der Waals surface area contributed by atoms with Crippen molar-refractivity contribution in [2.45, 2.75) is 25.7 Å². The highest BCUT2D eigenvalue weighted by Gasteiger charge is 2.24. The third-order valence-corrected chi connectivity index (χ3v) is 3.78. The summed E-state index contributed by atoms with van der Waals surface area (Å²) in [6.45, 7) is 0. The molecular weight excluding hydrogens is 222 g/mol. The van der Waals surface area contributed by atoms with Crippen LogP contribution in [-0.4, -0.2) is 19.0 Å². The summed E-state index contributed by atoms with van der Waals surface area (Å²) in [6.07, 6.45) is 8.49. The van der Waals surface area contributed by atoms with Crippen LogP contribution in [0.25, 0.3) is 0 Å². The molecule has 0 N–H and O–H groups in total. The Morgan fingerprint density at radius 3 is 2.44 bits per heavy atom. The topological polar surface area (TPSA) is 50.8 Å². The van der Waals surface area contributed by atoms with Gasteiger partial charge in [0.25, 0.3) is 0 Å². The van der Waals surface area contributed by atoms with E-state index in [1.165, 1.54) is 17.7 Å². The maximum atomic E-state index is 8.93. The lowest BCUT2D eigenvalue weighted by Crippen LogP contribution is -2.20. The number of nitriles is 2. The van der Waals surface area contributed by atoms with Crippen LogP contribution < -0.4 is 0 Å². The largest absolute Gasteiger partial charge is 0.381 e. The Morgan fingerprint density at radius 1 is 1.17 bits per heavy atom. The van der Waals surface area contributed by atoms with E-state index >= 15 is 0 Å². The molecule has 0 aliphatic heterocycles. The SMILES string of the molecule is CN(C)C1=CC2=CC(=C(C#N)C#N)CCC2CC1. The van der Waals surface area contributed by atoms with E-state index in [2.05, 4.69) is 31.1 Å². The normalized spacial score (nSPS) is 22.0. The van der Waals surface area contributed by atoms with Gasteiger partial charge in [-0.05, 0) is 48.8 Å². The van der Waals surface area contributed by atoms with Gasteiger partial charge in [-0.15, -0.1) is 0 Å². The number of fused-ring (bicyclic) bond motifs is 1. The standard InChI is InChI=1S/C15H17N3/c1-18(2)15-6-5-11-3-4-12(7-13(11)8-15)14(9-16)10-17/h7-8,11H,3-6H2,1-2H3. The van der Waals surface area contributed by atoms with Crippen molar-refractivity contribution in [1.82, 2.24) is 4.90 Å². The van der Waals surface area contributed by atoms with Gasteiger partial charge in [0.15, 0.2) is 0 Å². The molecule has 3 nitrogen and oxygen atoms in total. The minimum Gasteiger partial charge on any atom is -0.381 e. The van der Waals surface area contributed by atoms with Crippen molar-refractivity contribution in [3.63, 3.8) is 0 Å². The summed E-state index contributed by atoms with van der Waals surface area (Å²) in [6, 6.07) is 3.99. The van der Waals surface area contributed by atoms with Crippen LogP contribution in [-0.2, 0) is 0 Å². The van der Waals surface area contributed by atoms with Gasteiger partial charge in [0, 0.05) is 19.8 Å². The lowest BCUT2D eigenvalue weighted by atomic mass is 9.78. The highest BCUT2D eigenvalue weighted by atomic mass is 15.1. The van der Waals surface area contributed by atoms with E-state index in [1.807, 2.05) is 12.1 Å². The zero-order chi connectivity index (χ0) is 13.1. The summed E-state index contributed by atoms with van der Waals surface area (Å²) in [4.78, 5) is 2.14. The summed E-state index contributed by atoms with van der Waals surface area (Å²) in [5.41, 5.74) is 3.79. The minimum atomic E-state index is 0.270. The molecule has 18 heavy (non-hydrogen) atoms. The second-order valence-corrected chi connectivity index (χ2v) is 5.07. The van der Waals surface area contributed by atoms with E-state index in [1.54, 1.807) is 0 Å². The van der Waals surface area contributed by atoms with Crippen molar-refractivity contribution in [2.24, 2.45) is 5.92 Å². The lowest BCUT2D eigenvalue weighted by molar-refractivity contribution is 0.421. The Hall–Kier alpha value is -2.00. The van der Waals surface area contributed by atoms with Gasteiger partial charge in [0.2, 0.25) is 0 Å². The lowest BCUT2D eigenvalue weighted by Gasteiger charge is -2.31. The van der Waals surface area contributed by atoms with Gasteiger partial charge in [0.05, 0.1) is 0 Å². The molecule has 2 rings (SSSR count). The molecule has 0 heterocycles. The van der Waals surface area contributed by atoms with Crippen LogP contribution >= 0.6 is 0 Å². The summed E-state index contributed by atoms with van der Waals surface area (Å²) in [5, 5.41) is 17.9. The molecule has 0 radical (unpaired) electrons. The van der Waals surface area contributed by atoms with Gasteiger partial charge < -0.3 is 4.90 Å². The molecule has 92 valence electrons. The molecule has 2 aliphatic rings. The van der Waals surface area contributed by atoms with E-state index < -0.39 is 0 Å². The molecule has 3 heteroatoms. The van der Waals surface area contributed by atoms with Crippen molar-refractivity contribution >= 4 is 0 Å². The van der Waals surface area contributed by atoms with E-state index in [9.17, 15) is 0 Å². The van der Waals surface area contributed by atoms with Crippen LogP contribution in [0.2, 0.25) is 0 Å². The van der Waals surface area contributed by atoms with Gasteiger partial charge in [0.1, 0.15) is 17.7 Å². The highest BCUT2D eigenvalue weighted by Crippen LogP contribution is 2.38. The van der Waals surface area contributed by atoms with Crippen LogP contribution in [0.4, 0.5) is 0 Å². The monoisotopic (exact) mass is 239 g/mol. The van der Waals surface area contributed by atoms with Gasteiger partial charge in [-0.3, -0.25) is 0 Å². The van der Waals surface area contributed by atoms with Crippen LogP contribution in [0.5, 0.6) is 0 Å². The van der Waals surface area contributed by atoms with Gasteiger partial charge in [-0.2, -0.15) is 10.5 Å². The molecule has 2 aliphatic carbocycles. The van der Waals surface area contributed by atoms with E-state index in [-0.39, 0.29) is 5.57 Å². The Morgan fingerprint density at radius 2 is 1.83 bits per heavy atom. The smallest absolute Gasteiger partial charge is 0.132 e. The first kappa shape index (κ1) is 12.5. The predicted octanol–water partition coefficient (Wildman–Crippen LogP) is 2.91. The molecule has 0 amide bonds. The Bertz CT molecular complexity index is 505. The van der Waals surface area contributed by atoms with Gasteiger partial charge in [-0.1, -0.05) is 6.08 Å². The zero-order valence-corrected chi connectivity index (χ0v) is 10.9. The molecule has 1 atom stereocenters. The maximum absolute atomic E-state index is 8.93. The first-order chi connectivity index (χ1) is 8.65. The Labute approximate surface area is 108 Å². The average Bonchev–Trinajstić information content (AvgIpc) is 2.39. The Kier molecular flexibility index (Phi) is 3.53. The number of allylic oxidation sites excluding steroid dienone is 6. The summed E-state index contributed by atoms with van der Waals surface area (Å²) in [5.74, 6) is 0.607. The molecule has 0 fully saturated rings. The Balaban J connectivity index is 2.39. The van der Waals surface area contributed by atoms with Gasteiger partial charge >= 0.3 is 0 Å². The molecule has 0 aromatic carbocycles. The highest BCUT2D eigenvalue weighted by molar-refractivity contribution is 5.49. The summed E-state index contributed by atoms with van der Waals surface area (Å²) in [7, 11) is 4.12. The quantitative estimate of drug-likeness (QED) is 0.661. The van der Waals surface area contributed by atoms with Crippen LogP contribution in [0.15, 0.2) is 34.6 Å². The molecule has 0 saturated carbocycles. The van der Waals surface area contributed by atoms with E-state index in [4.69, 9.17) is 10.5 Å².